The van der Waals surface area contributed by atoms with Gasteiger partial charge in [-0.1, -0.05) is 30.3 Å². The first-order valence-electron chi connectivity index (χ1n) is 10.7. The van der Waals surface area contributed by atoms with Crippen LogP contribution in [0.15, 0.2) is 71.1 Å². The number of amides is 3. The average Bonchev–Trinajstić information content (AvgIpc) is 3.47. The van der Waals surface area contributed by atoms with E-state index in [0.717, 1.165) is 47.9 Å². The zero-order valence-electron chi connectivity index (χ0n) is 17.5. The lowest BCUT2D eigenvalue weighted by molar-refractivity contribution is -0.118. The lowest BCUT2D eigenvalue weighted by Gasteiger charge is -2.18. The van der Waals surface area contributed by atoms with E-state index in [1.54, 1.807) is 29.2 Å². The van der Waals surface area contributed by atoms with Gasteiger partial charge < -0.3 is 24.7 Å². The van der Waals surface area contributed by atoms with Gasteiger partial charge in [-0.05, 0) is 49.2 Å². The number of rotatable bonds is 5. The number of para-hydroxylation sites is 3. The zero-order valence-corrected chi connectivity index (χ0v) is 17.5. The molecule has 162 valence electrons. The largest absolute Gasteiger partial charge is 0.484 e. The molecule has 0 bridgehead atoms. The molecule has 2 N–H and O–H groups in total. The van der Waals surface area contributed by atoms with Crippen molar-refractivity contribution in [2.45, 2.75) is 12.8 Å². The summed E-state index contributed by atoms with van der Waals surface area (Å²) >= 11 is 0. The number of fused-ring (bicyclic) bond motifs is 3. The van der Waals surface area contributed by atoms with Gasteiger partial charge in [0.05, 0.1) is 11.4 Å². The Morgan fingerprint density at radius 1 is 0.844 bits per heavy atom. The second kappa shape index (κ2) is 8.63. The summed E-state index contributed by atoms with van der Waals surface area (Å²) in [5.74, 6) is 0.264. The Morgan fingerprint density at radius 2 is 1.53 bits per heavy atom. The molecule has 1 fully saturated rings. The van der Waals surface area contributed by atoms with Crippen molar-refractivity contribution in [1.29, 1.82) is 0 Å². The molecule has 1 aliphatic heterocycles. The standard InChI is InChI=1S/C25H23N3O4/c29-24(26-20-8-2-3-9-21(20)27-25(30)28-13-5-6-14-28)16-31-17-11-12-23-19(15-17)18-7-1-4-10-22(18)32-23/h1-4,7-12,15H,5-6,13-14,16H2,(H,26,29)(H,27,30). The smallest absolute Gasteiger partial charge is 0.321 e. The van der Waals surface area contributed by atoms with Crippen molar-refractivity contribution in [3.63, 3.8) is 0 Å². The topological polar surface area (TPSA) is 83.8 Å². The van der Waals surface area contributed by atoms with Crippen molar-refractivity contribution >= 4 is 45.3 Å². The molecular formula is C25H23N3O4. The van der Waals surface area contributed by atoms with Crippen molar-refractivity contribution < 1.29 is 18.7 Å². The Hall–Kier alpha value is -4.00. The predicted octanol–water partition coefficient (Wildman–Crippen LogP) is 5.23. The van der Waals surface area contributed by atoms with Crippen molar-refractivity contribution in [3.8, 4) is 5.75 Å². The van der Waals surface area contributed by atoms with Crippen LogP contribution in [0.3, 0.4) is 0 Å². The summed E-state index contributed by atoms with van der Waals surface area (Å²) in [5, 5.41) is 7.65. The summed E-state index contributed by atoms with van der Waals surface area (Å²) in [6, 6.07) is 20.3. The van der Waals surface area contributed by atoms with E-state index in [1.807, 2.05) is 42.5 Å². The third-order valence-corrected chi connectivity index (χ3v) is 5.55. The van der Waals surface area contributed by atoms with Crippen LogP contribution in [0, 0.1) is 0 Å². The van der Waals surface area contributed by atoms with E-state index in [2.05, 4.69) is 10.6 Å². The molecule has 1 aliphatic rings. The Labute approximate surface area is 184 Å². The Kier molecular flexibility index (Phi) is 5.37. The Morgan fingerprint density at radius 3 is 2.34 bits per heavy atom. The molecule has 0 spiro atoms. The number of urea groups is 1. The number of furan rings is 1. The van der Waals surface area contributed by atoms with Gasteiger partial charge >= 0.3 is 6.03 Å². The molecular weight excluding hydrogens is 406 g/mol. The molecule has 0 unspecified atom stereocenters. The van der Waals surface area contributed by atoms with Gasteiger partial charge in [-0.3, -0.25) is 4.79 Å². The average molecular weight is 429 g/mol. The molecule has 7 nitrogen and oxygen atoms in total. The summed E-state index contributed by atoms with van der Waals surface area (Å²) in [4.78, 5) is 26.7. The summed E-state index contributed by atoms with van der Waals surface area (Å²) < 4.78 is 11.5. The predicted molar refractivity (Wildman–Crippen MR) is 124 cm³/mol. The minimum Gasteiger partial charge on any atom is -0.484 e. The van der Waals surface area contributed by atoms with Crippen molar-refractivity contribution in [3.05, 3.63) is 66.7 Å². The summed E-state index contributed by atoms with van der Waals surface area (Å²) in [5.41, 5.74) is 2.67. The molecule has 5 rings (SSSR count). The van der Waals surface area contributed by atoms with Crippen LogP contribution in [0.25, 0.3) is 21.9 Å². The number of nitrogens with zero attached hydrogens (tertiary/aromatic N) is 1. The van der Waals surface area contributed by atoms with Crippen LogP contribution in [0.5, 0.6) is 5.75 Å². The highest BCUT2D eigenvalue weighted by molar-refractivity contribution is 6.05. The number of benzene rings is 3. The second-order valence-corrected chi connectivity index (χ2v) is 7.76. The van der Waals surface area contributed by atoms with Gasteiger partial charge in [0.2, 0.25) is 0 Å². The highest BCUT2D eigenvalue weighted by Gasteiger charge is 2.19. The monoisotopic (exact) mass is 429 g/mol. The fraction of sp³-hybridized carbons (Fsp3) is 0.200. The summed E-state index contributed by atoms with van der Waals surface area (Å²) in [7, 11) is 0. The van der Waals surface area contributed by atoms with E-state index in [4.69, 9.17) is 9.15 Å². The van der Waals surface area contributed by atoms with Crippen LogP contribution in [-0.2, 0) is 4.79 Å². The highest BCUT2D eigenvalue weighted by Crippen LogP contribution is 2.31. The fourth-order valence-electron chi connectivity index (χ4n) is 3.95. The number of hydrogen-bond donors (Lipinski definition) is 2. The first-order chi connectivity index (χ1) is 15.7. The second-order valence-electron chi connectivity index (χ2n) is 7.76. The third-order valence-electron chi connectivity index (χ3n) is 5.55. The summed E-state index contributed by atoms with van der Waals surface area (Å²) in [6.07, 6.45) is 2.03. The number of likely N-dealkylation sites (tertiary alicyclic amines) is 1. The molecule has 0 saturated carbocycles. The number of carbonyl (C=O) groups is 2. The number of nitrogens with one attached hydrogen (secondary N) is 2. The number of carbonyl (C=O) groups excluding carboxylic acids is 2. The van der Waals surface area contributed by atoms with E-state index < -0.39 is 0 Å². The van der Waals surface area contributed by atoms with Crippen molar-refractivity contribution in [2.24, 2.45) is 0 Å². The first kappa shape index (κ1) is 19.9. The van der Waals surface area contributed by atoms with Crippen LogP contribution in [0.2, 0.25) is 0 Å². The van der Waals surface area contributed by atoms with Crippen LogP contribution < -0.4 is 15.4 Å². The van der Waals surface area contributed by atoms with Crippen LogP contribution in [0.4, 0.5) is 16.2 Å². The minimum atomic E-state index is -0.315. The SMILES string of the molecule is O=C(COc1ccc2oc3ccccc3c2c1)Nc1ccccc1NC(=O)N1CCCC1. The highest BCUT2D eigenvalue weighted by atomic mass is 16.5. The van der Waals surface area contributed by atoms with Gasteiger partial charge in [-0.25, -0.2) is 4.79 Å². The van der Waals surface area contributed by atoms with E-state index in [0.29, 0.717) is 17.1 Å². The first-order valence-corrected chi connectivity index (χ1v) is 10.7. The number of hydrogen-bond acceptors (Lipinski definition) is 4. The van der Waals surface area contributed by atoms with Gasteiger partial charge in [0, 0.05) is 23.9 Å². The normalized spacial score (nSPS) is 13.4. The maximum Gasteiger partial charge on any atom is 0.321 e. The van der Waals surface area contributed by atoms with Crippen LogP contribution in [0.1, 0.15) is 12.8 Å². The van der Waals surface area contributed by atoms with Crippen LogP contribution in [-0.4, -0.2) is 36.5 Å². The number of anilines is 2. The molecule has 3 amide bonds. The Balaban J connectivity index is 1.24. The van der Waals surface area contributed by atoms with Gasteiger partial charge in [0.15, 0.2) is 6.61 Å². The molecule has 1 aromatic heterocycles. The van der Waals surface area contributed by atoms with Gasteiger partial charge in [0.1, 0.15) is 16.9 Å². The number of ether oxygens (including phenoxy) is 1. The zero-order chi connectivity index (χ0) is 21.9. The fourth-order valence-corrected chi connectivity index (χ4v) is 3.95. The Bertz CT molecular complexity index is 1290. The van der Waals surface area contributed by atoms with E-state index in [9.17, 15) is 9.59 Å². The van der Waals surface area contributed by atoms with Crippen molar-refractivity contribution in [2.75, 3.05) is 30.3 Å². The molecule has 0 atom stereocenters. The van der Waals surface area contributed by atoms with E-state index >= 15 is 0 Å². The summed E-state index contributed by atoms with van der Waals surface area (Å²) in [6.45, 7) is 1.35. The maximum absolute atomic E-state index is 12.5. The lowest BCUT2D eigenvalue weighted by atomic mass is 10.1. The molecule has 1 saturated heterocycles. The molecule has 32 heavy (non-hydrogen) atoms. The quantitative estimate of drug-likeness (QED) is 0.455. The van der Waals surface area contributed by atoms with E-state index in [1.165, 1.54) is 0 Å². The van der Waals surface area contributed by atoms with E-state index in [-0.39, 0.29) is 18.5 Å². The molecule has 0 radical (unpaired) electrons. The maximum atomic E-state index is 12.5. The van der Waals surface area contributed by atoms with Gasteiger partial charge in [0.25, 0.3) is 5.91 Å². The van der Waals surface area contributed by atoms with Crippen LogP contribution >= 0.6 is 0 Å². The molecule has 2 heterocycles. The molecule has 4 aromatic rings. The van der Waals surface area contributed by atoms with Gasteiger partial charge in [-0.2, -0.15) is 0 Å². The molecule has 0 aliphatic carbocycles. The third kappa shape index (κ3) is 4.09. The minimum absolute atomic E-state index is 0.152. The molecule has 7 heteroatoms. The van der Waals surface area contributed by atoms with Gasteiger partial charge in [-0.15, -0.1) is 0 Å². The molecule has 3 aromatic carbocycles. The lowest BCUT2D eigenvalue weighted by Crippen LogP contribution is -2.32. The van der Waals surface area contributed by atoms with Crippen molar-refractivity contribution in [1.82, 2.24) is 4.90 Å².